The van der Waals surface area contributed by atoms with Crippen LogP contribution in [-0.2, 0) is 9.47 Å². The Kier molecular flexibility index (Phi) is 5.36. The van der Waals surface area contributed by atoms with Gasteiger partial charge in [0, 0.05) is 0 Å². The summed E-state index contributed by atoms with van der Waals surface area (Å²) in [5.41, 5.74) is -0.0708. The molecule has 0 aliphatic carbocycles. The molecule has 8 nitrogen and oxygen atoms in total. The summed E-state index contributed by atoms with van der Waals surface area (Å²) in [4.78, 5) is 46.2. The summed E-state index contributed by atoms with van der Waals surface area (Å²) in [5, 5.41) is 18.3. The van der Waals surface area contributed by atoms with E-state index in [1.54, 1.807) is 0 Å². The number of hydrogen-bond acceptors (Lipinski definition) is 6. The highest BCUT2D eigenvalue weighted by Gasteiger charge is 2.21. The minimum atomic E-state index is -1.40. The molecule has 0 heterocycles. The molecule has 0 radical (unpaired) electrons. The first kappa shape index (κ1) is 18.7. The number of hydrogen-bond donors (Lipinski definition) is 2. The fraction of sp³-hybridized carbons (Fsp3) is 0.111. The van der Waals surface area contributed by atoms with Crippen molar-refractivity contribution in [2.45, 2.75) is 0 Å². The van der Waals surface area contributed by atoms with Crippen LogP contribution in [-0.4, -0.2) is 48.3 Å². The summed E-state index contributed by atoms with van der Waals surface area (Å²) in [6, 6.07) is 7.93. The van der Waals surface area contributed by atoms with E-state index in [9.17, 15) is 24.3 Å². The van der Waals surface area contributed by atoms with Crippen molar-refractivity contribution < 1.29 is 38.9 Å². The first-order valence-electron chi connectivity index (χ1n) is 7.21. The maximum Gasteiger partial charge on any atom is 0.338 e. The van der Waals surface area contributed by atoms with Crippen LogP contribution < -0.4 is 0 Å². The first-order valence-corrected chi connectivity index (χ1v) is 7.21. The van der Waals surface area contributed by atoms with Crippen LogP contribution in [0.1, 0.15) is 41.4 Å². The molecule has 0 bridgehead atoms. The zero-order valence-electron chi connectivity index (χ0n) is 13.8. The molecule has 26 heavy (non-hydrogen) atoms. The van der Waals surface area contributed by atoms with Gasteiger partial charge in [-0.2, -0.15) is 0 Å². The topological polar surface area (TPSA) is 127 Å². The number of carbonyl (C=O) groups excluding carboxylic acids is 2. The van der Waals surface area contributed by atoms with Crippen molar-refractivity contribution in [3.8, 4) is 11.1 Å². The molecule has 134 valence electrons. The van der Waals surface area contributed by atoms with Crippen LogP contribution in [0.4, 0.5) is 0 Å². The van der Waals surface area contributed by atoms with Crippen LogP contribution in [0.3, 0.4) is 0 Å². The maximum absolute atomic E-state index is 12.0. The van der Waals surface area contributed by atoms with E-state index >= 15 is 0 Å². The molecule has 2 aromatic carbocycles. The number of benzene rings is 2. The number of methoxy groups -OCH3 is 2. The molecule has 0 amide bonds. The lowest BCUT2D eigenvalue weighted by molar-refractivity contribution is 0.0555. The smallest absolute Gasteiger partial charge is 0.338 e. The van der Waals surface area contributed by atoms with Crippen molar-refractivity contribution in [2.24, 2.45) is 0 Å². The van der Waals surface area contributed by atoms with Gasteiger partial charge in [-0.05, 0) is 35.4 Å². The van der Waals surface area contributed by atoms with Gasteiger partial charge in [0.05, 0.1) is 36.5 Å². The molecular formula is C18H14O8. The summed E-state index contributed by atoms with van der Waals surface area (Å²) in [7, 11) is 2.32. The van der Waals surface area contributed by atoms with Gasteiger partial charge in [0.2, 0.25) is 0 Å². The van der Waals surface area contributed by atoms with Crippen molar-refractivity contribution in [1.29, 1.82) is 0 Å². The Balaban J connectivity index is 2.64. The van der Waals surface area contributed by atoms with Crippen LogP contribution in [0.15, 0.2) is 36.4 Å². The predicted octanol–water partition coefficient (Wildman–Crippen LogP) is 2.32. The van der Waals surface area contributed by atoms with Gasteiger partial charge in [-0.15, -0.1) is 0 Å². The second-order valence-electron chi connectivity index (χ2n) is 5.11. The van der Waals surface area contributed by atoms with Gasteiger partial charge in [-0.1, -0.05) is 12.1 Å². The van der Waals surface area contributed by atoms with Crippen LogP contribution in [0, 0.1) is 0 Å². The molecule has 8 heteroatoms. The van der Waals surface area contributed by atoms with Crippen molar-refractivity contribution in [1.82, 2.24) is 0 Å². The lowest BCUT2D eigenvalue weighted by Crippen LogP contribution is -2.12. The number of carboxylic acid groups (broad SMARTS) is 2. The number of rotatable bonds is 5. The highest BCUT2D eigenvalue weighted by Crippen LogP contribution is 2.26. The van der Waals surface area contributed by atoms with E-state index in [1.165, 1.54) is 37.4 Å². The Labute approximate surface area is 147 Å². The normalized spacial score (nSPS) is 10.1. The molecule has 0 atom stereocenters. The standard InChI is InChI=1S/C18H14O8/c1-25-17(23)12-6-4-10(8-14(12)18(24)26-2)9-3-5-11(15(19)20)13(7-9)16(21)22/h3-8H,1-2H3,(H,19,20)(H,21,22). The average Bonchev–Trinajstić information content (AvgIpc) is 2.65. The van der Waals surface area contributed by atoms with Crippen LogP contribution in [0.25, 0.3) is 11.1 Å². The average molecular weight is 358 g/mol. The molecular weight excluding hydrogens is 344 g/mol. The summed E-state index contributed by atoms with van der Waals surface area (Å²) in [6.45, 7) is 0. The van der Waals surface area contributed by atoms with Crippen molar-refractivity contribution in [3.63, 3.8) is 0 Å². The highest BCUT2D eigenvalue weighted by molar-refractivity contribution is 6.05. The van der Waals surface area contributed by atoms with Gasteiger partial charge < -0.3 is 19.7 Å². The van der Waals surface area contributed by atoms with Crippen LogP contribution in [0.2, 0.25) is 0 Å². The molecule has 0 aliphatic rings. The first-order chi connectivity index (χ1) is 12.3. The molecule has 0 fully saturated rings. The molecule has 2 aromatic rings. The summed E-state index contributed by atoms with van der Waals surface area (Å²) >= 11 is 0. The fourth-order valence-electron chi connectivity index (χ4n) is 2.38. The van der Waals surface area contributed by atoms with E-state index < -0.39 is 29.4 Å². The molecule has 0 spiro atoms. The molecule has 0 aromatic heterocycles. The van der Waals surface area contributed by atoms with Gasteiger partial charge in [0.25, 0.3) is 0 Å². The fourth-order valence-corrected chi connectivity index (χ4v) is 2.38. The van der Waals surface area contributed by atoms with E-state index in [0.29, 0.717) is 11.1 Å². The molecule has 2 N–H and O–H groups in total. The Hall–Kier alpha value is -3.68. The SMILES string of the molecule is COC(=O)c1ccc(-c2ccc(C(=O)O)c(C(=O)O)c2)cc1C(=O)OC. The zero-order valence-corrected chi connectivity index (χ0v) is 13.8. The third-order valence-corrected chi connectivity index (χ3v) is 3.64. The molecule has 0 unspecified atom stereocenters. The Morgan fingerprint density at radius 2 is 1.08 bits per heavy atom. The van der Waals surface area contributed by atoms with Crippen LogP contribution in [0.5, 0.6) is 0 Å². The Bertz CT molecular complexity index is 913. The third kappa shape index (κ3) is 3.54. The zero-order chi connectivity index (χ0) is 19.4. The van der Waals surface area contributed by atoms with Gasteiger partial charge in [0.1, 0.15) is 0 Å². The Morgan fingerprint density at radius 1 is 0.654 bits per heavy atom. The monoisotopic (exact) mass is 358 g/mol. The van der Waals surface area contributed by atoms with Gasteiger partial charge in [-0.25, -0.2) is 19.2 Å². The largest absolute Gasteiger partial charge is 0.478 e. The molecule has 0 saturated heterocycles. The number of carboxylic acids is 2. The number of esters is 2. The van der Waals surface area contributed by atoms with E-state index in [4.69, 9.17) is 5.11 Å². The lowest BCUT2D eigenvalue weighted by atomic mass is 9.96. The van der Waals surface area contributed by atoms with Crippen molar-refractivity contribution in [3.05, 3.63) is 58.7 Å². The molecule has 0 saturated carbocycles. The lowest BCUT2D eigenvalue weighted by Gasteiger charge is -2.10. The quantitative estimate of drug-likeness (QED) is 0.780. The van der Waals surface area contributed by atoms with E-state index in [1.807, 2.05) is 0 Å². The summed E-state index contributed by atoms with van der Waals surface area (Å²) in [5.74, 6) is -4.27. The second kappa shape index (κ2) is 7.47. The number of ether oxygens (including phenoxy) is 2. The van der Waals surface area contributed by atoms with Gasteiger partial charge in [-0.3, -0.25) is 0 Å². The summed E-state index contributed by atoms with van der Waals surface area (Å²) in [6.07, 6.45) is 0. The number of carbonyl (C=O) groups is 4. The minimum absolute atomic E-state index is 0.0104. The van der Waals surface area contributed by atoms with E-state index in [0.717, 1.165) is 13.2 Å². The third-order valence-electron chi connectivity index (χ3n) is 3.64. The second-order valence-corrected chi connectivity index (χ2v) is 5.11. The van der Waals surface area contributed by atoms with E-state index in [2.05, 4.69) is 9.47 Å². The predicted molar refractivity (Wildman–Crippen MR) is 88.5 cm³/mol. The van der Waals surface area contributed by atoms with Crippen LogP contribution >= 0.6 is 0 Å². The minimum Gasteiger partial charge on any atom is -0.478 e. The highest BCUT2D eigenvalue weighted by atomic mass is 16.5. The number of aromatic carboxylic acids is 2. The van der Waals surface area contributed by atoms with Gasteiger partial charge >= 0.3 is 23.9 Å². The maximum atomic E-state index is 12.0. The molecule has 2 rings (SSSR count). The van der Waals surface area contributed by atoms with Crippen molar-refractivity contribution in [2.75, 3.05) is 14.2 Å². The van der Waals surface area contributed by atoms with Gasteiger partial charge in [0.15, 0.2) is 0 Å². The summed E-state index contributed by atoms with van der Waals surface area (Å²) < 4.78 is 9.28. The van der Waals surface area contributed by atoms with Crippen molar-refractivity contribution >= 4 is 23.9 Å². The van der Waals surface area contributed by atoms with E-state index in [-0.39, 0.29) is 16.7 Å². The Morgan fingerprint density at radius 3 is 1.54 bits per heavy atom. The molecule has 0 aliphatic heterocycles.